The normalized spacial score (nSPS) is 19.0. The highest BCUT2D eigenvalue weighted by molar-refractivity contribution is 7.09. The summed E-state index contributed by atoms with van der Waals surface area (Å²) < 4.78 is 21.5. The number of likely N-dealkylation sites (tertiary alicyclic amines) is 1. The number of hydrogen-bond donors (Lipinski definition) is 0. The number of thiazole rings is 1. The quantitative estimate of drug-likeness (QED) is 0.550. The Hall–Kier alpha value is -3.21. The van der Waals surface area contributed by atoms with E-state index in [0.29, 0.717) is 17.5 Å². The van der Waals surface area contributed by atoms with Gasteiger partial charge in [-0.2, -0.15) is 0 Å². The third-order valence-electron chi connectivity index (χ3n) is 5.99. The zero-order chi connectivity index (χ0) is 22.6. The lowest BCUT2D eigenvalue weighted by Crippen LogP contribution is -2.38. The first-order valence-electron chi connectivity index (χ1n) is 11.1. The summed E-state index contributed by atoms with van der Waals surface area (Å²) >= 11 is 1.65. The van der Waals surface area contributed by atoms with Crippen molar-refractivity contribution in [2.45, 2.75) is 38.7 Å². The van der Waals surface area contributed by atoms with Crippen molar-refractivity contribution >= 4 is 23.5 Å². The largest absolute Gasteiger partial charge is 0.484 e. The molecule has 2 aliphatic rings. The van der Waals surface area contributed by atoms with Gasteiger partial charge in [0, 0.05) is 42.6 Å². The van der Waals surface area contributed by atoms with Crippen molar-refractivity contribution in [3.8, 4) is 11.4 Å². The van der Waals surface area contributed by atoms with Gasteiger partial charge in [0.25, 0.3) is 0 Å². The molecule has 11 heteroatoms. The van der Waals surface area contributed by atoms with Crippen LogP contribution in [0.5, 0.6) is 5.75 Å². The molecule has 1 fully saturated rings. The van der Waals surface area contributed by atoms with E-state index in [1.165, 1.54) is 17.1 Å². The van der Waals surface area contributed by atoms with Crippen LogP contribution in [0.15, 0.2) is 39.9 Å². The summed E-state index contributed by atoms with van der Waals surface area (Å²) in [7, 11) is 0. The number of guanidine groups is 1. The minimum absolute atomic E-state index is 0.175. The van der Waals surface area contributed by atoms with E-state index in [1.807, 2.05) is 11.6 Å². The molecular formula is C22H25FN8OS. The molecule has 0 aliphatic carbocycles. The summed E-state index contributed by atoms with van der Waals surface area (Å²) in [5.74, 6) is 1.47. The molecule has 1 unspecified atom stereocenters. The average Bonchev–Trinajstić information content (AvgIpc) is 3.56. The maximum atomic E-state index is 14.4. The van der Waals surface area contributed by atoms with E-state index < -0.39 is 5.82 Å². The number of aliphatic imine (C=N–C) groups is 2. The number of benzene rings is 1. The van der Waals surface area contributed by atoms with Crippen LogP contribution in [0.3, 0.4) is 0 Å². The fourth-order valence-corrected chi connectivity index (χ4v) is 4.93. The standard InChI is InChI=1S/C22H25FN8OS/c1-2-15-10-24-22(25-11-15)30-7-5-16(6-8-30)21-27-17(13-33-21)12-32-20-4-3-18(9-19(20)23)31-14-26-28-29-31/h3-4,9-10,13-16H,2,5-8,11-12H2,1H3. The van der Waals surface area contributed by atoms with E-state index >= 15 is 0 Å². The van der Waals surface area contributed by atoms with Gasteiger partial charge in [-0.25, -0.2) is 19.0 Å². The number of tetrazole rings is 1. The van der Waals surface area contributed by atoms with Gasteiger partial charge >= 0.3 is 0 Å². The fraction of sp³-hybridized carbons (Fsp3) is 0.455. The van der Waals surface area contributed by atoms with Crippen LogP contribution >= 0.6 is 11.3 Å². The molecule has 0 spiro atoms. The second-order valence-corrected chi connectivity index (χ2v) is 9.07. The minimum atomic E-state index is -0.468. The summed E-state index contributed by atoms with van der Waals surface area (Å²) in [6.45, 7) is 5.09. The third kappa shape index (κ3) is 4.92. The molecule has 1 saturated heterocycles. The lowest BCUT2D eigenvalue weighted by Gasteiger charge is -2.32. The highest BCUT2D eigenvalue weighted by Gasteiger charge is 2.25. The lowest BCUT2D eigenvalue weighted by molar-refractivity contribution is 0.284. The van der Waals surface area contributed by atoms with Crippen LogP contribution < -0.4 is 4.74 Å². The Morgan fingerprint density at radius 3 is 2.82 bits per heavy atom. The molecule has 1 aromatic carbocycles. The molecular weight excluding hydrogens is 443 g/mol. The van der Waals surface area contributed by atoms with E-state index in [2.05, 4.69) is 37.3 Å². The minimum Gasteiger partial charge on any atom is -0.484 e. The van der Waals surface area contributed by atoms with Crippen LogP contribution in [0, 0.1) is 11.7 Å². The molecule has 0 bridgehead atoms. The first kappa shape index (κ1) is 21.6. The monoisotopic (exact) mass is 468 g/mol. The lowest BCUT2D eigenvalue weighted by atomic mass is 9.97. The third-order valence-corrected chi connectivity index (χ3v) is 7.05. The van der Waals surface area contributed by atoms with E-state index in [-0.39, 0.29) is 12.4 Å². The maximum absolute atomic E-state index is 14.4. The van der Waals surface area contributed by atoms with Gasteiger partial charge in [0.2, 0.25) is 5.96 Å². The number of aromatic nitrogens is 5. The Morgan fingerprint density at radius 1 is 1.24 bits per heavy atom. The van der Waals surface area contributed by atoms with Crippen LogP contribution in [-0.2, 0) is 6.61 Å². The van der Waals surface area contributed by atoms with Gasteiger partial charge in [-0.1, -0.05) is 6.92 Å². The smallest absolute Gasteiger partial charge is 0.220 e. The number of piperidine rings is 1. The average molecular weight is 469 g/mol. The second kappa shape index (κ2) is 9.74. The van der Waals surface area contributed by atoms with Gasteiger partial charge in [0.15, 0.2) is 11.6 Å². The number of hydrogen-bond acceptors (Lipinski definition) is 9. The first-order valence-corrected chi connectivity index (χ1v) is 12.0. The number of ether oxygens (including phenoxy) is 1. The number of rotatable bonds is 6. The van der Waals surface area contributed by atoms with Gasteiger partial charge in [-0.3, -0.25) is 4.99 Å². The van der Waals surface area contributed by atoms with E-state index in [0.717, 1.165) is 55.6 Å². The summed E-state index contributed by atoms with van der Waals surface area (Å²) in [5, 5.41) is 14.0. The van der Waals surface area contributed by atoms with Crippen molar-refractivity contribution < 1.29 is 9.13 Å². The summed E-state index contributed by atoms with van der Waals surface area (Å²) in [4.78, 5) is 16.3. The molecule has 3 aromatic rings. The molecule has 0 amide bonds. The predicted molar refractivity (Wildman–Crippen MR) is 124 cm³/mol. The zero-order valence-electron chi connectivity index (χ0n) is 18.3. The maximum Gasteiger partial charge on any atom is 0.220 e. The van der Waals surface area contributed by atoms with Crippen LogP contribution in [0.2, 0.25) is 0 Å². The van der Waals surface area contributed by atoms with E-state index in [1.54, 1.807) is 23.5 Å². The summed E-state index contributed by atoms with van der Waals surface area (Å²) in [5.41, 5.74) is 1.34. The Balaban J connectivity index is 1.14. The van der Waals surface area contributed by atoms with Crippen molar-refractivity contribution in [2.24, 2.45) is 15.9 Å². The van der Waals surface area contributed by atoms with Crippen molar-refractivity contribution in [2.75, 3.05) is 19.6 Å². The molecule has 2 aliphatic heterocycles. The van der Waals surface area contributed by atoms with Crippen molar-refractivity contribution in [3.63, 3.8) is 0 Å². The molecule has 5 rings (SSSR count). The number of nitrogens with zero attached hydrogens (tertiary/aromatic N) is 8. The Morgan fingerprint density at radius 2 is 2.12 bits per heavy atom. The van der Waals surface area contributed by atoms with Gasteiger partial charge < -0.3 is 9.64 Å². The van der Waals surface area contributed by atoms with Crippen LogP contribution in [0.4, 0.5) is 4.39 Å². The SMILES string of the molecule is CCC1C=NC(N2CCC(c3nc(COc4ccc(-n5cnnn5)cc4F)cs3)CC2)=NC1. The first-order chi connectivity index (χ1) is 16.2. The fourth-order valence-electron chi connectivity index (χ4n) is 3.96. The van der Waals surface area contributed by atoms with E-state index in [4.69, 9.17) is 9.72 Å². The molecule has 0 N–H and O–H groups in total. The van der Waals surface area contributed by atoms with Crippen molar-refractivity contribution in [1.29, 1.82) is 0 Å². The molecule has 0 saturated carbocycles. The highest BCUT2D eigenvalue weighted by Crippen LogP contribution is 2.31. The molecule has 2 aromatic heterocycles. The van der Waals surface area contributed by atoms with Crippen molar-refractivity contribution in [1.82, 2.24) is 30.1 Å². The van der Waals surface area contributed by atoms with E-state index in [9.17, 15) is 4.39 Å². The van der Waals surface area contributed by atoms with Gasteiger partial charge in [-0.15, -0.1) is 16.4 Å². The second-order valence-electron chi connectivity index (χ2n) is 8.18. The molecule has 1 atom stereocenters. The molecule has 9 nitrogen and oxygen atoms in total. The van der Waals surface area contributed by atoms with Crippen LogP contribution in [0.1, 0.15) is 42.8 Å². The Kier molecular flexibility index (Phi) is 6.38. The predicted octanol–water partition coefficient (Wildman–Crippen LogP) is 3.48. The molecule has 0 radical (unpaired) electrons. The van der Waals surface area contributed by atoms with Gasteiger partial charge in [-0.05, 0) is 41.8 Å². The van der Waals surface area contributed by atoms with Gasteiger partial charge in [0.05, 0.1) is 22.9 Å². The topological polar surface area (TPSA) is 93.7 Å². The highest BCUT2D eigenvalue weighted by atomic mass is 32.1. The van der Waals surface area contributed by atoms with Crippen molar-refractivity contribution in [3.05, 3.63) is 46.4 Å². The molecule has 33 heavy (non-hydrogen) atoms. The summed E-state index contributed by atoms with van der Waals surface area (Å²) in [6, 6.07) is 4.63. The Labute approximate surface area is 195 Å². The van der Waals surface area contributed by atoms with Crippen LogP contribution in [-0.4, -0.2) is 61.9 Å². The molecule has 172 valence electrons. The summed E-state index contributed by atoms with van der Waals surface area (Å²) in [6.07, 6.45) is 6.58. The molecule has 4 heterocycles. The van der Waals surface area contributed by atoms with Crippen LogP contribution in [0.25, 0.3) is 5.69 Å². The number of halogens is 1. The Bertz CT molecular complexity index is 1140. The zero-order valence-corrected chi connectivity index (χ0v) is 19.2. The van der Waals surface area contributed by atoms with Gasteiger partial charge in [0.1, 0.15) is 12.9 Å².